The van der Waals surface area contributed by atoms with Gasteiger partial charge in [0.15, 0.2) is 0 Å². The Bertz CT molecular complexity index is 977. The Balaban J connectivity index is 1.79. The molecule has 1 N–H and O–H groups in total. The average Bonchev–Trinajstić information content (AvgIpc) is 3.10. The number of hydrogen-bond acceptors (Lipinski definition) is 3. The van der Waals surface area contributed by atoms with Gasteiger partial charge in [-0.1, -0.05) is 35.9 Å². The molecule has 0 amide bonds. The largest absolute Gasteiger partial charge is 0.416 e. The van der Waals surface area contributed by atoms with Gasteiger partial charge in [0.25, 0.3) is 0 Å². The molecule has 0 bridgehead atoms. The summed E-state index contributed by atoms with van der Waals surface area (Å²) in [6.07, 6.45) is -1.19. The number of anilines is 1. The average molecular weight is 377 g/mol. The van der Waals surface area contributed by atoms with E-state index in [4.69, 9.17) is 11.6 Å². The maximum atomic E-state index is 13.0. The zero-order valence-electron chi connectivity index (χ0n) is 13.2. The minimum absolute atomic E-state index is 0.310. The summed E-state index contributed by atoms with van der Waals surface area (Å²) in [5.41, 5.74) is 1.16. The molecule has 1 aliphatic heterocycles. The Hall–Kier alpha value is -2.80. The number of hydrogen-bond donors (Lipinski definition) is 1. The van der Waals surface area contributed by atoms with Crippen LogP contribution >= 0.6 is 11.6 Å². The van der Waals surface area contributed by atoms with Gasteiger partial charge in [0.2, 0.25) is 5.95 Å². The van der Waals surface area contributed by atoms with Gasteiger partial charge < -0.3 is 5.32 Å². The van der Waals surface area contributed by atoms with Gasteiger partial charge in [-0.05, 0) is 41.5 Å². The van der Waals surface area contributed by atoms with Crippen LogP contribution in [0.2, 0.25) is 5.02 Å². The molecule has 132 valence electrons. The summed E-state index contributed by atoms with van der Waals surface area (Å²) < 4.78 is 40.7. The minimum atomic E-state index is -4.40. The molecule has 0 aliphatic carbocycles. The summed E-state index contributed by atoms with van der Waals surface area (Å²) in [5, 5.41) is 7.85. The molecule has 4 nitrogen and oxygen atoms in total. The SMILES string of the molecule is FC(F)(F)c1cccc(C2=CC(c3ccc(Cl)cc3)n3ncnc3N2)c1. The highest BCUT2D eigenvalue weighted by Crippen LogP contribution is 2.35. The van der Waals surface area contributed by atoms with Crippen LogP contribution in [0.1, 0.15) is 22.7 Å². The van der Waals surface area contributed by atoms with Crippen LogP contribution in [0.4, 0.5) is 19.1 Å². The number of aromatic nitrogens is 3. The summed E-state index contributed by atoms with van der Waals surface area (Å²) in [5.74, 6) is 0.458. The van der Waals surface area contributed by atoms with Crippen molar-refractivity contribution in [2.24, 2.45) is 0 Å². The van der Waals surface area contributed by atoms with Crippen LogP contribution in [0.15, 0.2) is 60.9 Å². The topological polar surface area (TPSA) is 42.7 Å². The minimum Gasteiger partial charge on any atom is -0.324 e. The molecule has 0 saturated carbocycles. The van der Waals surface area contributed by atoms with Gasteiger partial charge in [0.1, 0.15) is 12.4 Å². The van der Waals surface area contributed by atoms with Crippen molar-refractivity contribution in [3.8, 4) is 0 Å². The van der Waals surface area contributed by atoms with Crippen molar-refractivity contribution in [3.05, 3.63) is 82.6 Å². The van der Waals surface area contributed by atoms with Crippen LogP contribution in [0, 0.1) is 0 Å². The summed E-state index contributed by atoms with van der Waals surface area (Å²) in [6, 6.07) is 12.1. The predicted octanol–water partition coefficient (Wildman–Crippen LogP) is 5.01. The molecule has 1 aliphatic rings. The van der Waals surface area contributed by atoms with Crippen molar-refractivity contribution < 1.29 is 13.2 Å². The van der Waals surface area contributed by atoms with Crippen molar-refractivity contribution in [2.75, 3.05) is 5.32 Å². The fourth-order valence-electron chi connectivity index (χ4n) is 2.86. The summed E-state index contributed by atoms with van der Waals surface area (Å²) in [4.78, 5) is 4.15. The molecule has 1 aromatic heterocycles. The van der Waals surface area contributed by atoms with Crippen molar-refractivity contribution in [1.82, 2.24) is 14.8 Å². The van der Waals surface area contributed by atoms with E-state index in [1.165, 1.54) is 12.4 Å². The lowest BCUT2D eigenvalue weighted by molar-refractivity contribution is -0.137. The van der Waals surface area contributed by atoms with E-state index >= 15 is 0 Å². The van der Waals surface area contributed by atoms with Gasteiger partial charge in [0.05, 0.1) is 5.56 Å². The monoisotopic (exact) mass is 376 g/mol. The van der Waals surface area contributed by atoms with Crippen LogP contribution in [0.3, 0.4) is 0 Å². The molecule has 2 aromatic carbocycles. The fourth-order valence-corrected chi connectivity index (χ4v) is 2.99. The van der Waals surface area contributed by atoms with Crippen LogP contribution in [-0.4, -0.2) is 14.8 Å². The van der Waals surface area contributed by atoms with Gasteiger partial charge in [-0.15, -0.1) is 0 Å². The van der Waals surface area contributed by atoms with Crippen molar-refractivity contribution in [2.45, 2.75) is 12.2 Å². The lowest BCUT2D eigenvalue weighted by atomic mass is 10.0. The zero-order chi connectivity index (χ0) is 18.3. The van der Waals surface area contributed by atoms with Crippen molar-refractivity contribution >= 4 is 23.2 Å². The first-order valence-electron chi connectivity index (χ1n) is 7.73. The summed E-state index contributed by atoms with van der Waals surface area (Å²) in [7, 11) is 0. The van der Waals surface area contributed by atoms with Crippen LogP contribution in [0.25, 0.3) is 5.70 Å². The molecule has 0 radical (unpaired) electrons. The quantitative estimate of drug-likeness (QED) is 0.684. The first-order valence-corrected chi connectivity index (χ1v) is 8.11. The van der Waals surface area contributed by atoms with E-state index in [0.717, 1.165) is 17.7 Å². The smallest absolute Gasteiger partial charge is 0.324 e. The van der Waals surface area contributed by atoms with Crippen LogP contribution in [-0.2, 0) is 6.18 Å². The predicted molar refractivity (Wildman–Crippen MR) is 92.7 cm³/mol. The van der Waals surface area contributed by atoms with Crippen LogP contribution in [0.5, 0.6) is 0 Å². The first-order chi connectivity index (χ1) is 12.4. The molecular formula is C18H12ClF3N4. The van der Waals surface area contributed by atoms with Gasteiger partial charge in [-0.3, -0.25) is 0 Å². The Morgan fingerprint density at radius 3 is 2.58 bits per heavy atom. The molecule has 1 unspecified atom stereocenters. The lowest BCUT2D eigenvalue weighted by Crippen LogP contribution is -2.20. The molecule has 1 atom stereocenters. The molecule has 0 spiro atoms. The lowest BCUT2D eigenvalue weighted by Gasteiger charge is -2.24. The Kier molecular flexibility index (Phi) is 3.96. The second-order valence-corrected chi connectivity index (χ2v) is 6.24. The maximum Gasteiger partial charge on any atom is 0.416 e. The summed E-state index contributed by atoms with van der Waals surface area (Å²) >= 11 is 5.95. The van der Waals surface area contributed by atoms with Crippen LogP contribution < -0.4 is 5.32 Å². The molecule has 26 heavy (non-hydrogen) atoms. The van der Waals surface area contributed by atoms with E-state index in [9.17, 15) is 13.2 Å². The Morgan fingerprint density at radius 1 is 1.08 bits per heavy atom. The zero-order valence-corrected chi connectivity index (χ0v) is 14.0. The second-order valence-electron chi connectivity index (χ2n) is 5.81. The molecule has 4 rings (SSSR count). The van der Waals surface area contributed by atoms with Crippen molar-refractivity contribution in [3.63, 3.8) is 0 Å². The van der Waals surface area contributed by atoms with E-state index in [1.54, 1.807) is 22.9 Å². The third-order valence-corrected chi connectivity index (χ3v) is 4.37. The van der Waals surface area contributed by atoms with E-state index in [2.05, 4.69) is 15.4 Å². The summed E-state index contributed by atoms with van der Waals surface area (Å²) in [6.45, 7) is 0. The first kappa shape index (κ1) is 16.7. The maximum absolute atomic E-state index is 13.0. The number of rotatable bonds is 2. The highest BCUT2D eigenvalue weighted by Gasteiger charge is 2.31. The van der Waals surface area contributed by atoms with E-state index in [0.29, 0.717) is 22.2 Å². The highest BCUT2D eigenvalue weighted by atomic mass is 35.5. The molecule has 8 heteroatoms. The molecule has 0 saturated heterocycles. The van der Waals surface area contributed by atoms with Gasteiger partial charge in [-0.2, -0.15) is 23.3 Å². The third-order valence-electron chi connectivity index (χ3n) is 4.12. The van der Waals surface area contributed by atoms with Crippen molar-refractivity contribution in [1.29, 1.82) is 0 Å². The third kappa shape index (κ3) is 3.06. The molecule has 0 fully saturated rings. The number of fused-ring (bicyclic) bond motifs is 1. The fraction of sp³-hybridized carbons (Fsp3) is 0.111. The molecule has 2 heterocycles. The normalized spacial score (nSPS) is 16.6. The number of benzene rings is 2. The molecular weight excluding hydrogens is 365 g/mol. The van der Waals surface area contributed by atoms with E-state index < -0.39 is 11.7 Å². The van der Waals surface area contributed by atoms with E-state index in [-0.39, 0.29) is 6.04 Å². The van der Waals surface area contributed by atoms with Gasteiger partial charge in [0, 0.05) is 10.7 Å². The molecule has 3 aromatic rings. The standard InChI is InChI=1S/C18H12ClF3N4/c19-14-6-4-11(5-7-14)16-9-15(25-17-23-10-24-26(16)17)12-2-1-3-13(8-12)18(20,21)22/h1-10,16H,(H,23,24,25). The van der Waals surface area contributed by atoms with Gasteiger partial charge in [-0.25, -0.2) is 4.68 Å². The Morgan fingerprint density at radius 2 is 1.85 bits per heavy atom. The number of halogens is 4. The van der Waals surface area contributed by atoms with Gasteiger partial charge >= 0.3 is 6.18 Å². The van der Waals surface area contributed by atoms with E-state index in [1.807, 2.05) is 18.2 Å². The number of alkyl halides is 3. The number of allylic oxidation sites excluding steroid dienone is 1. The number of nitrogens with one attached hydrogen (secondary N) is 1. The highest BCUT2D eigenvalue weighted by molar-refractivity contribution is 6.30. The number of nitrogens with zero attached hydrogens (tertiary/aromatic N) is 3. The second kappa shape index (κ2) is 6.17. The Labute approximate surface area is 151 Å².